The molecule has 0 aromatic heterocycles. The summed E-state index contributed by atoms with van der Waals surface area (Å²) in [6.45, 7) is 0. The highest BCUT2D eigenvalue weighted by molar-refractivity contribution is 6.01. The average Bonchev–Trinajstić information content (AvgIpc) is 3.55. The van der Waals surface area contributed by atoms with Crippen molar-refractivity contribution in [3.63, 3.8) is 0 Å². The number of aromatic hydroxyl groups is 9. The van der Waals surface area contributed by atoms with Gasteiger partial charge in [0, 0.05) is 41.7 Å². The number of hydrogen-bond donors (Lipinski definition) is 10. The molecule has 1 saturated heterocycles. The van der Waals surface area contributed by atoms with Gasteiger partial charge in [0.15, 0.2) is 5.78 Å². The van der Waals surface area contributed by atoms with E-state index in [1.54, 1.807) is 30.3 Å². The van der Waals surface area contributed by atoms with E-state index in [-0.39, 0.29) is 80.9 Å². The second kappa shape index (κ2) is 14.8. The molecule has 0 aliphatic carbocycles. The lowest BCUT2D eigenvalue weighted by Gasteiger charge is -2.32. The van der Waals surface area contributed by atoms with Gasteiger partial charge in [-0.1, -0.05) is 30.3 Å². The van der Waals surface area contributed by atoms with E-state index in [4.69, 9.17) is 9.47 Å². The summed E-state index contributed by atoms with van der Waals surface area (Å²) in [7, 11) is 0. The fraction of sp³-hybridized carbons (Fsp3) is 0.178. The van der Waals surface area contributed by atoms with Gasteiger partial charge in [0.2, 0.25) is 0 Å². The number of hydrogen-bond acceptors (Lipinski definition) is 13. The van der Waals surface area contributed by atoms with E-state index in [0.29, 0.717) is 16.7 Å². The molecule has 13 heteroatoms. The maximum absolute atomic E-state index is 14.8. The normalized spacial score (nSPS) is 21.3. The quantitative estimate of drug-likeness (QED) is 0.0707. The van der Waals surface area contributed by atoms with Crippen LogP contribution >= 0.6 is 0 Å². The maximum Gasteiger partial charge on any atom is 0.173 e. The Morgan fingerprint density at radius 1 is 0.586 bits per heavy atom. The number of carbonyl (C=O) groups is 1. The smallest absolute Gasteiger partial charge is 0.173 e. The van der Waals surface area contributed by atoms with Gasteiger partial charge in [0.1, 0.15) is 63.6 Å². The molecule has 58 heavy (non-hydrogen) atoms. The molecule has 10 N–H and O–H groups in total. The first-order valence-corrected chi connectivity index (χ1v) is 18.3. The third kappa shape index (κ3) is 6.86. The molecule has 0 spiro atoms. The first-order valence-electron chi connectivity index (χ1n) is 18.3. The van der Waals surface area contributed by atoms with E-state index in [0.717, 1.165) is 12.1 Å². The molecule has 2 aliphatic rings. The van der Waals surface area contributed by atoms with Gasteiger partial charge in [-0.25, -0.2) is 0 Å². The van der Waals surface area contributed by atoms with Crippen molar-refractivity contribution in [3.05, 3.63) is 143 Å². The number of phenols is 9. The lowest BCUT2D eigenvalue weighted by molar-refractivity contribution is 0.0198. The minimum atomic E-state index is -1.14. The number of aliphatic hydroxyl groups excluding tert-OH is 1. The molecule has 0 saturated carbocycles. The molecule has 0 amide bonds. The summed E-state index contributed by atoms with van der Waals surface area (Å²) in [5.41, 5.74) is 1.76. The zero-order valence-corrected chi connectivity index (χ0v) is 30.5. The molecule has 2 aliphatic heterocycles. The number of rotatable bonds is 8. The highest BCUT2D eigenvalue weighted by Crippen LogP contribution is 2.56. The SMILES string of the molecule is O=C(c1ccc(O)cc1O)[C@H]1[C@@H](Cc2ccc(O)cc2-c2c(O)cc3c(c2O)C[C@@H](O)[C@H](c2ccc(O)cc2)O3)[C@@H](c2ccc(O)cc2O)O[C@H]1c1ccc(O)cc1. The number of phenolic OH excluding ortho intramolecular Hbond substituents is 9. The number of ether oxygens (including phenoxy) is 2. The summed E-state index contributed by atoms with van der Waals surface area (Å²) in [5.74, 6) is -4.95. The first-order chi connectivity index (χ1) is 27.8. The van der Waals surface area contributed by atoms with E-state index >= 15 is 0 Å². The van der Waals surface area contributed by atoms with E-state index in [1.165, 1.54) is 66.7 Å². The van der Waals surface area contributed by atoms with Crippen LogP contribution in [0.15, 0.2) is 109 Å². The largest absolute Gasteiger partial charge is 0.508 e. The van der Waals surface area contributed by atoms with Crippen molar-refractivity contribution in [1.29, 1.82) is 0 Å². The molecule has 0 unspecified atom stereocenters. The van der Waals surface area contributed by atoms with Crippen molar-refractivity contribution in [1.82, 2.24) is 0 Å². The third-order valence-electron chi connectivity index (χ3n) is 11.0. The van der Waals surface area contributed by atoms with Crippen molar-refractivity contribution in [2.24, 2.45) is 11.8 Å². The molecule has 6 aromatic carbocycles. The monoisotopic (exact) mass is 786 g/mol. The van der Waals surface area contributed by atoms with Crippen molar-refractivity contribution < 1.29 is 65.3 Å². The predicted octanol–water partition coefficient (Wildman–Crippen LogP) is 6.91. The van der Waals surface area contributed by atoms with Crippen LogP contribution < -0.4 is 4.74 Å². The lowest BCUT2D eigenvalue weighted by Crippen LogP contribution is -2.30. The summed E-state index contributed by atoms with van der Waals surface area (Å²) in [5, 5.41) is 107. The van der Waals surface area contributed by atoms with Crippen molar-refractivity contribution >= 4 is 5.78 Å². The second-order valence-corrected chi connectivity index (χ2v) is 14.6. The Morgan fingerprint density at radius 2 is 1.16 bits per heavy atom. The molecular weight excluding hydrogens is 748 g/mol. The fourth-order valence-electron chi connectivity index (χ4n) is 8.21. The topological polar surface area (TPSA) is 238 Å². The highest BCUT2D eigenvalue weighted by Gasteiger charge is 2.50. The Balaban J connectivity index is 1.26. The first kappa shape index (κ1) is 37.8. The van der Waals surface area contributed by atoms with Gasteiger partial charge < -0.3 is 60.5 Å². The maximum atomic E-state index is 14.8. The Hall–Kier alpha value is -7.09. The molecule has 1 fully saturated rings. The summed E-state index contributed by atoms with van der Waals surface area (Å²) >= 11 is 0. The van der Waals surface area contributed by atoms with Crippen LogP contribution in [0.3, 0.4) is 0 Å². The molecule has 2 heterocycles. The molecule has 13 nitrogen and oxygen atoms in total. The van der Waals surface area contributed by atoms with E-state index in [1.807, 2.05) is 0 Å². The summed E-state index contributed by atoms with van der Waals surface area (Å²) in [6.07, 6.45) is -4.29. The number of Topliss-reactive ketones (excluding diaryl/α,β-unsaturated/α-hetero) is 1. The standard InChI is InChI=1S/C45H38O13/c46-24-6-1-21(2-7-24)43-37(54)19-32-38(57-43)20-36(53)39(42(32)56)31-16-26(48)10-5-23(31)15-33-40(41(55)29-13-11-27(49)17-34(29)51)44(22-3-8-25(47)9-4-22)58-45(33)30-14-12-28(50)18-35(30)52/h1-14,16-18,20,33,37,40,43-54,56H,15,19H2/t33-,37-,40-,43+,44+,45-/m1/s1. The van der Waals surface area contributed by atoms with E-state index < -0.39 is 59.3 Å². The van der Waals surface area contributed by atoms with Crippen molar-refractivity contribution in [3.8, 4) is 68.6 Å². The zero-order valence-electron chi connectivity index (χ0n) is 30.5. The average molecular weight is 787 g/mol. The summed E-state index contributed by atoms with van der Waals surface area (Å²) in [6, 6.07) is 25.1. The fourth-order valence-corrected chi connectivity index (χ4v) is 8.21. The van der Waals surface area contributed by atoms with Gasteiger partial charge >= 0.3 is 0 Å². The molecule has 296 valence electrons. The van der Waals surface area contributed by atoms with Crippen LogP contribution in [-0.2, 0) is 17.6 Å². The predicted molar refractivity (Wildman–Crippen MR) is 207 cm³/mol. The number of carbonyl (C=O) groups excluding carboxylic acids is 1. The Kier molecular flexibility index (Phi) is 9.63. The van der Waals surface area contributed by atoms with Crippen LogP contribution in [0.2, 0.25) is 0 Å². The highest BCUT2D eigenvalue weighted by atomic mass is 16.5. The van der Waals surface area contributed by atoms with Crippen LogP contribution in [0.1, 0.15) is 56.5 Å². The van der Waals surface area contributed by atoms with Crippen LogP contribution in [0, 0.1) is 11.8 Å². The van der Waals surface area contributed by atoms with Gasteiger partial charge in [-0.3, -0.25) is 4.79 Å². The van der Waals surface area contributed by atoms with E-state index in [9.17, 15) is 55.9 Å². The van der Waals surface area contributed by atoms with E-state index in [2.05, 4.69) is 0 Å². The van der Waals surface area contributed by atoms with Crippen molar-refractivity contribution in [2.75, 3.05) is 0 Å². The van der Waals surface area contributed by atoms with Crippen LogP contribution in [0.4, 0.5) is 0 Å². The molecule has 0 bridgehead atoms. The number of aliphatic hydroxyl groups is 1. The van der Waals surface area contributed by atoms with Crippen LogP contribution in [-0.4, -0.2) is 63.0 Å². The summed E-state index contributed by atoms with van der Waals surface area (Å²) < 4.78 is 12.8. The number of benzene rings is 6. The Bertz CT molecular complexity index is 2530. The van der Waals surface area contributed by atoms with Gasteiger partial charge in [0.25, 0.3) is 0 Å². The van der Waals surface area contributed by atoms with Crippen LogP contribution in [0.5, 0.6) is 57.5 Å². The molecule has 8 rings (SSSR count). The van der Waals surface area contributed by atoms with Gasteiger partial charge in [0.05, 0.1) is 35.4 Å². The molecular formula is C45H38O13. The van der Waals surface area contributed by atoms with Gasteiger partial charge in [-0.15, -0.1) is 0 Å². The minimum Gasteiger partial charge on any atom is -0.508 e. The Morgan fingerprint density at radius 3 is 1.79 bits per heavy atom. The summed E-state index contributed by atoms with van der Waals surface area (Å²) in [4.78, 5) is 14.8. The molecule has 0 radical (unpaired) electrons. The lowest BCUT2D eigenvalue weighted by atomic mass is 9.74. The molecule has 6 atom stereocenters. The van der Waals surface area contributed by atoms with Gasteiger partial charge in [-0.2, -0.15) is 0 Å². The Labute approximate surface area is 330 Å². The van der Waals surface area contributed by atoms with Crippen LogP contribution in [0.25, 0.3) is 11.1 Å². The zero-order chi connectivity index (χ0) is 41.0. The second-order valence-electron chi connectivity index (χ2n) is 14.6. The minimum absolute atomic E-state index is 0.0247. The van der Waals surface area contributed by atoms with Crippen molar-refractivity contribution in [2.45, 2.75) is 37.3 Å². The number of fused-ring (bicyclic) bond motifs is 1. The number of ketones is 1. The third-order valence-corrected chi connectivity index (χ3v) is 11.0. The molecule has 6 aromatic rings. The van der Waals surface area contributed by atoms with Gasteiger partial charge in [-0.05, 0) is 89.3 Å².